The van der Waals surface area contributed by atoms with Crippen molar-refractivity contribution in [2.24, 2.45) is 0 Å². The molecule has 1 aliphatic rings. The minimum Gasteiger partial charge on any atom is -0.463 e. The van der Waals surface area contributed by atoms with Crippen LogP contribution in [0.4, 0.5) is 0 Å². The van der Waals surface area contributed by atoms with Crippen LogP contribution in [0.25, 0.3) is 0 Å². The van der Waals surface area contributed by atoms with Gasteiger partial charge >= 0.3 is 5.97 Å². The predicted octanol–water partition coefficient (Wildman–Crippen LogP) is 2.59. The molecule has 0 spiro atoms. The highest BCUT2D eigenvalue weighted by atomic mass is 16.7. The van der Waals surface area contributed by atoms with E-state index in [0.717, 1.165) is 25.9 Å². The molecular weight excluding hydrogens is 232 g/mol. The number of carbonyl (C=O) groups excluding carboxylic acids is 1. The molecule has 0 amide bonds. The fourth-order valence-corrected chi connectivity index (χ4v) is 1.71. The Morgan fingerprint density at radius 2 is 2.39 bits per heavy atom. The molecule has 0 radical (unpaired) electrons. The molecule has 18 heavy (non-hydrogen) atoms. The van der Waals surface area contributed by atoms with Crippen molar-refractivity contribution in [1.82, 2.24) is 0 Å². The molecule has 1 aliphatic heterocycles. The summed E-state index contributed by atoms with van der Waals surface area (Å²) in [4.78, 5) is 11.1. The van der Waals surface area contributed by atoms with Gasteiger partial charge in [-0.15, -0.1) is 6.58 Å². The fourth-order valence-electron chi connectivity index (χ4n) is 1.71. The molecule has 1 heterocycles. The number of rotatable bonds is 7. The van der Waals surface area contributed by atoms with Crippen LogP contribution >= 0.6 is 0 Å². The molecule has 0 bridgehead atoms. The summed E-state index contributed by atoms with van der Waals surface area (Å²) in [6.07, 6.45) is 8.38. The summed E-state index contributed by atoms with van der Waals surface area (Å²) in [6.45, 7) is 6.66. The lowest BCUT2D eigenvalue weighted by Gasteiger charge is -2.25. The van der Waals surface area contributed by atoms with Crippen molar-refractivity contribution in [2.45, 2.75) is 45.0 Å². The van der Waals surface area contributed by atoms with Gasteiger partial charge in [0.2, 0.25) is 0 Å². The molecule has 1 unspecified atom stereocenters. The number of ether oxygens (including phenoxy) is 3. The van der Waals surface area contributed by atoms with Crippen molar-refractivity contribution in [3.63, 3.8) is 0 Å². The van der Waals surface area contributed by atoms with Gasteiger partial charge in [0.15, 0.2) is 6.29 Å². The topological polar surface area (TPSA) is 44.8 Å². The van der Waals surface area contributed by atoms with E-state index >= 15 is 0 Å². The maximum atomic E-state index is 11.1. The summed E-state index contributed by atoms with van der Waals surface area (Å²) in [5.41, 5.74) is 0. The molecular formula is C14H22O4. The molecule has 0 saturated carbocycles. The molecule has 0 aromatic carbocycles. The highest BCUT2D eigenvalue weighted by Crippen LogP contribution is 2.17. The first-order chi connectivity index (χ1) is 8.76. The van der Waals surface area contributed by atoms with E-state index < -0.39 is 0 Å². The highest BCUT2D eigenvalue weighted by Gasteiger charge is 2.17. The molecule has 1 rings (SSSR count). The Hall–Kier alpha value is -1.13. The molecule has 0 aromatic heterocycles. The van der Waals surface area contributed by atoms with E-state index in [2.05, 4.69) is 6.58 Å². The molecule has 2 atom stereocenters. The second-order valence-corrected chi connectivity index (χ2v) is 4.10. The van der Waals surface area contributed by atoms with Gasteiger partial charge in [-0.2, -0.15) is 0 Å². The minimum absolute atomic E-state index is 0.126. The summed E-state index contributed by atoms with van der Waals surface area (Å²) >= 11 is 0. The molecule has 1 fully saturated rings. The SMILES string of the molecule is C=C[C@@H](C/C=C\C(=O)OCC)OC1CCCCO1. The van der Waals surface area contributed by atoms with E-state index in [-0.39, 0.29) is 18.4 Å². The van der Waals surface area contributed by atoms with Crippen LogP contribution in [0.3, 0.4) is 0 Å². The average Bonchev–Trinajstić information content (AvgIpc) is 2.39. The quantitative estimate of drug-likeness (QED) is 0.398. The first kappa shape index (κ1) is 14.9. The van der Waals surface area contributed by atoms with Crippen molar-refractivity contribution in [3.05, 3.63) is 24.8 Å². The Morgan fingerprint density at radius 1 is 1.56 bits per heavy atom. The summed E-state index contributed by atoms with van der Waals surface area (Å²) in [5, 5.41) is 0. The fraction of sp³-hybridized carbons (Fsp3) is 0.643. The van der Waals surface area contributed by atoms with E-state index in [9.17, 15) is 4.79 Å². The van der Waals surface area contributed by atoms with Crippen LogP contribution in [0.5, 0.6) is 0 Å². The van der Waals surface area contributed by atoms with Crippen molar-refractivity contribution < 1.29 is 19.0 Å². The Balaban J connectivity index is 2.28. The van der Waals surface area contributed by atoms with Crippen molar-refractivity contribution in [2.75, 3.05) is 13.2 Å². The van der Waals surface area contributed by atoms with Gasteiger partial charge in [0.1, 0.15) is 0 Å². The van der Waals surface area contributed by atoms with Gasteiger partial charge in [-0.05, 0) is 32.6 Å². The maximum absolute atomic E-state index is 11.1. The zero-order chi connectivity index (χ0) is 13.2. The second kappa shape index (κ2) is 8.89. The Morgan fingerprint density at radius 3 is 3.00 bits per heavy atom. The summed E-state index contributed by atoms with van der Waals surface area (Å²) in [5.74, 6) is -0.325. The maximum Gasteiger partial charge on any atom is 0.330 e. The largest absolute Gasteiger partial charge is 0.463 e. The summed E-state index contributed by atoms with van der Waals surface area (Å²) < 4.78 is 16.0. The van der Waals surface area contributed by atoms with Crippen LogP contribution in [0, 0.1) is 0 Å². The van der Waals surface area contributed by atoms with Gasteiger partial charge in [-0.25, -0.2) is 4.79 Å². The summed E-state index contributed by atoms with van der Waals surface area (Å²) in [6, 6.07) is 0. The van der Waals surface area contributed by atoms with Crippen LogP contribution in [0.1, 0.15) is 32.6 Å². The average molecular weight is 254 g/mol. The van der Waals surface area contributed by atoms with Gasteiger partial charge < -0.3 is 14.2 Å². The van der Waals surface area contributed by atoms with Crippen LogP contribution in [-0.4, -0.2) is 31.6 Å². The monoisotopic (exact) mass is 254 g/mol. The van der Waals surface area contributed by atoms with E-state index in [0.29, 0.717) is 13.0 Å². The highest BCUT2D eigenvalue weighted by molar-refractivity contribution is 5.81. The van der Waals surface area contributed by atoms with Crippen LogP contribution in [-0.2, 0) is 19.0 Å². The molecule has 1 saturated heterocycles. The van der Waals surface area contributed by atoms with Crippen molar-refractivity contribution >= 4 is 5.97 Å². The Bertz CT molecular complexity index is 280. The number of hydrogen-bond acceptors (Lipinski definition) is 4. The zero-order valence-electron chi connectivity index (χ0n) is 11.0. The van der Waals surface area contributed by atoms with Gasteiger partial charge in [0, 0.05) is 12.7 Å². The minimum atomic E-state index is -0.325. The third-order valence-electron chi connectivity index (χ3n) is 2.64. The Kier molecular flexibility index (Phi) is 7.37. The normalized spacial score (nSPS) is 21.7. The number of hydrogen-bond donors (Lipinski definition) is 0. The third-order valence-corrected chi connectivity index (χ3v) is 2.64. The lowest BCUT2D eigenvalue weighted by Crippen LogP contribution is -2.26. The lowest BCUT2D eigenvalue weighted by atomic mass is 10.2. The Labute approximate surface area is 109 Å². The van der Waals surface area contributed by atoms with Gasteiger partial charge in [0.25, 0.3) is 0 Å². The van der Waals surface area contributed by atoms with Gasteiger partial charge in [-0.1, -0.05) is 12.2 Å². The smallest absolute Gasteiger partial charge is 0.330 e. The molecule has 0 N–H and O–H groups in total. The number of carbonyl (C=O) groups is 1. The first-order valence-electron chi connectivity index (χ1n) is 6.49. The van der Waals surface area contributed by atoms with E-state index in [1.165, 1.54) is 6.08 Å². The van der Waals surface area contributed by atoms with E-state index in [1.807, 2.05) is 0 Å². The predicted molar refractivity (Wildman–Crippen MR) is 69.1 cm³/mol. The van der Waals surface area contributed by atoms with E-state index in [4.69, 9.17) is 14.2 Å². The van der Waals surface area contributed by atoms with Crippen LogP contribution in [0.2, 0.25) is 0 Å². The molecule has 4 heteroatoms. The standard InChI is InChI=1S/C14H22O4/c1-3-12(8-7-9-13(15)16-4-2)18-14-10-5-6-11-17-14/h3,7,9,12,14H,1,4-6,8,10-11H2,2H3/b9-7-/t12-,14?/m0/s1. The first-order valence-corrected chi connectivity index (χ1v) is 6.49. The number of esters is 1. The lowest BCUT2D eigenvalue weighted by molar-refractivity contribution is -0.177. The molecule has 0 aromatic rings. The van der Waals surface area contributed by atoms with Gasteiger partial charge in [0.05, 0.1) is 12.7 Å². The molecule has 4 nitrogen and oxygen atoms in total. The van der Waals surface area contributed by atoms with Crippen LogP contribution < -0.4 is 0 Å². The third kappa shape index (κ3) is 5.98. The van der Waals surface area contributed by atoms with E-state index in [1.54, 1.807) is 19.1 Å². The van der Waals surface area contributed by atoms with Gasteiger partial charge in [-0.3, -0.25) is 0 Å². The van der Waals surface area contributed by atoms with Crippen molar-refractivity contribution in [1.29, 1.82) is 0 Å². The molecule has 102 valence electrons. The second-order valence-electron chi connectivity index (χ2n) is 4.10. The zero-order valence-corrected chi connectivity index (χ0v) is 11.0. The van der Waals surface area contributed by atoms with Crippen LogP contribution in [0.15, 0.2) is 24.8 Å². The molecule has 0 aliphatic carbocycles. The summed E-state index contributed by atoms with van der Waals surface area (Å²) in [7, 11) is 0. The van der Waals surface area contributed by atoms with Crippen molar-refractivity contribution in [3.8, 4) is 0 Å².